The molecule has 0 amide bonds. The van der Waals surface area contributed by atoms with Crippen LogP contribution in [-0.4, -0.2) is 70.4 Å². The van der Waals surface area contributed by atoms with Gasteiger partial charge in [-0.1, -0.05) is 315 Å². The molecule has 0 radical (unpaired) electrons. The zero-order valence-corrected chi connectivity index (χ0v) is 83.6. The molecule has 5 aliphatic heterocycles. The fourth-order valence-corrected chi connectivity index (χ4v) is 17.3. The first-order chi connectivity index (χ1) is 60.0. The number of hydrogen-bond donors (Lipinski definition) is 0. The third kappa shape index (κ3) is 36.3. The van der Waals surface area contributed by atoms with Crippen LogP contribution in [0.25, 0.3) is 0 Å². The van der Waals surface area contributed by atoms with E-state index in [1.54, 1.807) is 22.3 Å². The van der Waals surface area contributed by atoms with Crippen molar-refractivity contribution in [1.29, 1.82) is 0 Å². The molecular formula is C124H201N9O4. The first-order valence-corrected chi connectivity index (χ1v) is 48.9. The maximum absolute atomic E-state index is 5.47. The van der Waals surface area contributed by atoms with Crippen molar-refractivity contribution in [3.63, 3.8) is 0 Å². The Labute approximate surface area is 841 Å². The van der Waals surface area contributed by atoms with E-state index in [9.17, 15) is 0 Å². The van der Waals surface area contributed by atoms with E-state index in [0.717, 1.165) is 92.5 Å². The molecule has 13 heteroatoms. The summed E-state index contributed by atoms with van der Waals surface area (Å²) in [5, 5.41) is 0. The normalized spacial score (nSPS) is 14.6. The molecule has 10 aliphatic rings. The van der Waals surface area contributed by atoms with Gasteiger partial charge >= 0.3 is 0 Å². The Morgan fingerprint density at radius 1 is 0.270 bits per heavy atom. The minimum Gasteiger partial charge on any atom is -0.493 e. The first-order valence-electron chi connectivity index (χ1n) is 48.9. The molecule has 0 fully saturated rings. The number of hydrogen-bond acceptors (Lipinski definition) is 11. The quantitative estimate of drug-likeness (QED) is 0.166. The molecule has 0 atom stereocenters. The lowest BCUT2D eigenvalue weighted by molar-refractivity contribution is 0.0816. The van der Waals surface area contributed by atoms with Crippen molar-refractivity contribution in [3.05, 3.63) is 269 Å². The van der Waals surface area contributed by atoms with Gasteiger partial charge in [0.2, 0.25) is 5.88 Å². The first kappa shape index (κ1) is 126. The number of rotatable bonds is 4. The van der Waals surface area contributed by atoms with Gasteiger partial charge in [-0.05, 0) is 270 Å². The van der Waals surface area contributed by atoms with Crippen LogP contribution in [0.3, 0.4) is 0 Å². The van der Waals surface area contributed by atoms with E-state index in [4.69, 9.17) is 23.9 Å². The average Bonchev–Trinajstić information content (AvgIpc) is 1.67. The van der Waals surface area contributed by atoms with Crippen LogP contribution in [0.15, 0.2) is 128 Å². The molecule has 0 unspecified atom stereocenters. The summed E-state index contributed by atoms with van der Waals surface area (Å²) >= 11 is 0. The van der Waals surface area contributed by atoms with Crippen LogP contribution in [0, 0.1) is 0 Å². The molecule has 0 saturated heterocycles. The van der Waals surface area contributed by atoms with Crippen LogP contribution in [0.2, 0.25) is 0 Å². The third-order valence-corrected chi connectivity index (χ3v) is 25.9. The second-order valence-electron chi connectivity index (χ2n) is 44.2. The fourth-order valence-electron chi connectivity index (χ4n) is 17.3. The maximum Gasteiger partial charge on any atom is 0.216 e. The lowest BCUT2D eigenvalue weighted by Gasteiger charge is -2.19. The zero-order chi connectivity index (χ0) is 91.8. The topological polar surface area (TPSA) is 137 Å². The summed E-state index contributed by atoms with van der Waals surface area (Å²) in [6.07, 6.45) is 35.7. The molecule has 0 spiro atoms. The van der Waals surface area contributed by atoms with Crippen LogP contribution in [0.4, 0.5) is 0 Å². The van der Waals surface area contributed by atoms with Gasteiger partial charge in [-0.25, -0.2) is 15.0 Å². The van der Waals surface area contributed by atoms with E-state index in [2.05, 4.69) is 335 Å². The summed E-state index contributed by atoms with van der Waals surface area (Å²) in [5.74, 6) is 7.60. The monoisotopic (exact) mass is 1880 g/mol. The van der Waals surface area contributed by atoms with Gasteiger partial charge < -0.3 is 28.1 Å². The predicted octanol–water partition coefficient (Wildman–Crippen LogP) is 33.4. The van der Waals surface area contributed by atoms with Gasteiger partial charge in [-0.15, -0.1) is 0 Å². The van der Waals surface area contributed by atoms with Crippen molar-refractivity contribution in [3.8, 4) is 17.4 Å². The van der Waals surface area contributed by atoms with E-state index >= 15 is 0 Å². The molecule has 0 bridgehead atoms. The van der Waals surface area contributed by atoms with Crippen LogP contribution < -0.4 is 14.2 Å². The Bertz CT molecular complexity index is 4720. The molecular weight excluding hydrogens is 1680 g/mol. The van der Waals surface area contributed by atoms with E-state index in [1.165, 1.54) is 224 Å². The Morgan fingerprint density at radius 3 is 1.28 bits per heavy atom. The summed E-state index contributed by atoms with van der Waals surface area (Å²) in [7, 11) is 0. The SMILES string of the molecule is C.C.C.C.C.C.C.C.C.C.CC(C)(C)c1cc2c(cn1)CCC2.CC(C)(C)c1ccc2c(c1)CCC2.CC(C)(C)c1ccc2c(c1)CCO2.CC(C)(C)c1ccc2c(n1)CCO2.CC(C)(C)c1cn2c(n1)COCC2.CC(C)(C)c1cnc2c(c1)CCO2.CC(C)c1ccc2c(c1)CCCC2.CC(C)c1ccc2c(n1)CCC2.CC(C)c1ccc2c(n1)CCCC2.CC(C)c1cn2c(n1)CCC2. The van der Waals surface area contributed by atoms with Gasteiger partial charge in [0.1, 0.15) is 29.8 Å². The molecule has 3 aromatic carbocycles. The minimum atomic E-state index is 0. The molecule has 12 heterocycles. The standard InChI is InChI=1S/2C13H18.2C12H17N.C12H16O.2C11H15NO.C11H15N.C10H16N2O.C9H14N2.10CH4/c1-13(2,3)12-8-7-10-5-4-6-11(10)9-12;1-10(2)12-8-7-11-5-3-4-6-13(11)9-12;1-12(2,3)11-7-9-5-4-6-10(9)8-13-11;1-9(2)11-8-7-10-5-3-4-6-12(10)13-11;1-12(2,3)10-4-5-11-9(8-10)6-7-13-11;1-11(2,3)9-6-8-4-5-13-10(8)12-7-9;1-11(2,3)10-5-4-9-8(12-10)6-7-13-9;1-8(2)10-7-6-9-4-3-5-11(9)12-10;1-10(2,3)8-6-12-4-5-13-7-9(12)11-8;1-7(2)8-6-11-5-3-4-9(11)10-8;;;;;;;;;;/h7-9H,4-6H2,1-3H3;7-10H,3-6H2,1-2H3;7-8H,4-6H2,1-3H3;7-9H,3-6H2,1-2H3;4-5,8H,6-7H2,1-3H3;6-7H,4-5H2,1-3H3;4-5H,6-7H2,1-3H3;6-8H,3-5H2,1-2H3;6H,4-5,7H2,1-3H3;6-7H,3-5H2,1-2H3;10*1H4. The Kier molecular flexibility index (Phi) is 51.6. The summed E-state index contributed by atoms with van der Waals surface area (Å²) in [5.41, 5.74) is 32.9. The van der Waals surface area contributed by atoms with Crippen molar-refractivity contribution in [2.45, 2.75) is 471 Å². The largest absolute Gasteiger partial charge is 0.493 e. The highest BCUT2D eigenvalue weighted by molar-refractivity contribution is 5.43. The third-order valence-electron chi connectivity index (χ3n) is 25.9. The number of pyridine rings is 5. The molecule has 5 aliphatic carbocycles. The van der Waals surface area contributed by atoms with Crippen molar-refractivity contribution in [1.82, 2.24) is 44.0 Å². The molecule has 766 valence electrons. The van der Waals surface area contributed by atoms with E-state index in [1.807, 2.05) is 12.3 Å². The Balaban J connectivity index is 0.000000755. The van der Waals surface area contributed by atoms with Gasteiger partial charge in [0.25, 0.3) is 0 Å². The highest BCUT2D eigenvalue weighted by atomic mass is 16.5. The van der Waals surface area contributed by atoms with Crippen LogP contribution in [-0.2, 0) is 147 Å². The molecule has 20 rings (SSSR count). The number of nitrogens with zero attached hydrogens (tertiary/aromatic N) is 9. The van der Waals surface area contributed by atoms with Crippen LogP contribution >= 0.6 is 0 Å². The number of aromatic nitrogens is 9. The van der Waals surface area contributed by atoms with Gasteiger partial charge in [-0.3, -0.25) is 19.9 Å². The molecule has 10 aromatic rings. The number of imidazole rings is 2. The van der Waals surface area contributed by atoms with Crippen molar-refractivity contribution >= 4 is 0 Å². The van der Waals surface area contributed by atoms with Gasteiger partial charge in [-0.2, -0.15) is 0 Å². The number of benzene rings is 3. The number of aryl methyl sites for hydroxylation is 12. The highest BCUT2D eigenvalue weighted by Crippen LogP contribution is 2.37. The molecule has 7 aromatic heterocycles. The fraction of sp³-hybridized carbons (Fsp3) is 0.605. The summed E-state index contributed by atoms with van der Waals surface area (Å²) < 4.78 is 26.0. The van der Waals surface area contributed by atoms with E-state index in [0.29, 0.717) is 35.7 Å². The second kappa shape index (κ2) is 56.0. The minimum absolute atomic E-state index is 0. The van der Waals surface area contributed by atoms with E-state index < -0.39 is 0 Å². The highest BCUT2D eigenvalue weighted by Gasteiger charge is 2.27. The predicted molar refractivity (Wildman–Crippen MR) is 596 cm³/mol. The zero-order valence-electron chi connectivity index (χ0n) is 83.6. The summed E-state index contributed by atoms with van der Waals surface area (Å²) in [4.78, 5) is 31.9. The van der Waals surface area contributed by atoms with Crippen molar-refractivity contribution in [2.24, 2.45) is 0 Å². The number of fused-ring (bicyclic) bond motifs is 10. The molecule has 0 saturated carbocycles. The summed E-state index contributed by atoms with van der Waals surface area (Å²) in [6, 6.07) is 38.1. The second-order valence-corrected chi connectivity index (χ2v) is 44.2. The van der Waals surface area contributed by atoms with Gasteiger partial charge in [0, 0.05) is 120 Å². The van der Waals surface area contributed by atoms with Crippen LogP contribution in [0.1, 0.15) is 470 Å². The maximum atomic E-state index is 5.47. The average molecular weight is 1880 g/mol. The van der Waals surface area contributed by atoms with E-state index in [-0.39, 0.29) is 101 Å². The smallest absolute Gasteiger partial charge is 0.216 e. The lowest BCUT2D eigenvalue weighted by atomic mass is 9.85. The van der Waals surface area contributed by atoms with Gasteiger partial charge in [0.15, 0.2) is 0 Å². The number of ether oxygens (including phenoxy) is 4. The summed E-state index contributed by atoms with van der Waals surface area (Å²) in [6.45, 7) is 63.7. The Morgan fingerprint density at radius 2 is 0.715 bits per heavy atom. The molecule has 137 heavy (non-hydrogen) atoms. The Hall–Kier alpha value is -8.81. The van der Waals surface area contributed by atoms with Crippen LogP contribution in [0.5, 0.6) is 17.4 Å². The van der Waals surface area contributed by atoms with Crippen molar-refractivity contribution in [2.75, 3.05) is 26.4 Å². The molecule has 0 N–H and O–H groups in total. The lowest BCUT2D eigenvalue weighted by Crippen LogP contribution is -2.15. The van der Waals surface area contributed by atoms with Gasteiger partial charge in [0.05, 0.1) is 43.5 Å². The molecule has 13 nitrogen and oxygen atoms in total. The van der Waals surface area contributed by atoms with Crippen molar-refractivity contribution < 1.29 is 18.9 Å².